The van der Waals surface area contributed by atoms with Crippen LogP contribution < -0.4 is 0 Å². The van der Waals surface area contributed by atoms with Crippen LogP contribution in [0.25, 0.3) is 5.69 Å². The first-order chi connectivity index (χ1) is 8.17. The number of aryl methyl sites for hydroxylation is 1. The van der Waals surface area contributed by atoms with Gasteiger partial charge in [-0.25, -0.2) is 4.68 Å². The average molecular weight is 294 g/mol. The highest BCUT2D eigenvalue weighted by Gasteiger charge is 2.12. The second kappa shape index (κ2) is 4.79. The van der Waals surface area contributed by atoms with Gasteiger partial charge in [0.15, 0.2) is 6.29 Å². The van der Waals surface area contributed by atoms with E-state index < -0.39 is 0 Å². The van der Waals surface area contributed by atoms with Crippen LogP contribution in [0.1, 0.15) is 28.7 Å². The molecule has 1 aromatic heterocycles. The molecule has 0 saturated heterocycles. The predicted molar refractivity (Wildman–Crippen MR) is 68.6 cm³/mol. The molecule has 1 aromatic carbocycles. The zero-order valence-electron chi connectivity index (χ0n) is 9.64. The molecule has 4 nitrogen and oxygen atoms in total. The Balaban J connectivity index is 2.56. The minimum absolute atomic E-state index is 0.407. The van der Waals surface area contributed by atoms with Gasteiger partial charge < -0.3 is 0 Å². The van der Waals surface area contributed by atoms with Gasteiger partial charge in [0.2, 0.25) is 0 Å². The number of hydrogen-bond acceptors (Lipinski definition) is 3. The maximum absolute atomic E-state index is 10.8. The third-order valence-corrected chi connectivity index (χ3v) is 3.49. The fraction of sp³-hybridized carbons (Fsp3) is 0.250. The molecule has 0 amide bonds. The van der Waals surface area contributed by atoms with Gasteiger partial charge in [-0.05, 0) is 31.0 Å². The van der Waals surface area contributed by atoms with Crippen molar-refractivity contribution in [2.45, 2.75) is 20.3 Å². The number of halogens is 1. The van der Waals surface area contributed by atoms with E-state index in [4.69, 9.17) is 0 Å². The standard InChI is InChI=1S/C12H12BrN3O/c1-3-12-11(7-17)14-15-16(12)9-5-4-8(2)10(13)6-9/h4-7H,3H2,1-2H3. The number of rotatable bonds is 3. The first-order valence-corrected chi connectivity index (χ1v) is 6.13. The number of nitrogens with zero attached hydrogens (tertiary/aromatic N) is 3. The molecule has 0 radical (unpaired) electrons. The molecule has 0 unspecified atom stereocenters. The van der Waals surface area contributed by atoms with E-state index >= 15 is 0 Å². The predicted octanol–water partition coefficient (Wildman–Crippen LogP) is 2.71. The highest BCUT2D eigenvalue weighted by atomic mass is 79.9. The van der Waals surface area contributed by atoms with Gasteiger partial charge in [0.1, 0.15) is 5.69 Å². The quantitative estimate of drug-likeness (QED) is 0.818. The zero-order chi connectivity index (χ0) is 12.4. The van der Waals surface area contributed by atoms with Crippen molar-refractivity contribution >= 4 is 22.2 Å². The fourth-order valence-corrected chi connectivity index (χ4v) is 2.02. The van der Waals surface area contributed by atoms with Gasteiger partial charge in [0.05, 0.1) is 11.4 Å². The SMILES string of the molecule is CCc1c(C=O)nnn1-c1ccc(C)c(Br)c1. The molecule has 0 fully saturated rings. The average Bonchev–Trinajstić information content (AvgIpc) is 2.75. The van der Waals surface area contributed by atoms with Gasteiger partial charge in [-0.1, -0.05) is 34.1 Å². The molecule has 17 heavy (non-hydrogen) atoms. The number of hydrogen-bond donors (Lipinski definition) is 0. The van der Waals surface area contributed by atoms with Crippen molar-refractivity contribution in [2.75, 3.05) is 0 Å². The van der Waals surface area contributed by atoms with Crippen LogP contribution in [0, 0.1) is 6.92 Å². The highest BCUT2D eigenvalue weighted by molar-refractivity contribution is 9.10. The van der Waals surface area contributed by atoms with E-state index in [1.165, 1.54) is 0 Å². The van der Waals surface area contributed by atoms with E-state index in [-0.39, 0.29) is 0 Å². The zero-order valence-corrected chi connectivity index (χ0v) is 11.2. The van der Waals surface area contributed by atoms with E-state index in [2.05, 4.69) is 26.2 Å². The van der Waals surface area contributed by atoms with Crippen LogP contribution in [0.3, 0.4) is 0 Å². The van der Waals surface area contributed by atoms with Crippen molar-refractivity contribution in [1.82, 2.24) is 15.0 Å². The summed E-state index contributed by atoms with van der Waals surface area (Å²) in [5, 5.41) is 7.88. The Morgan fingerprint density at radius 3 is 2.82 bits per heavy atom. The van der Waals surface area contributed by atoms with Crippen molar-refractivity contribution in [3.63, 3.8) is 0 Å². The van der Waals surface area contributed by atoms with Crippen LogP contribution in [-0.2, 0) is 6.42 Å². The summed E-state index contributed by atoms with van der Waals surface area (Å²) in [7, 11) is 0. The minimum atomic E-state index is 0.407. The Kier molecular flexibility index (Phi) is 3.38. The number of benzene rings is 1. The van der Waals surface area contributed by atoms with Gasteiger partial charge in [-0.15, -0.1) is 5.10 Å². The Hall–Kier alpha value is -1.49. The second-order valence-corrected chi connectivity index (χ2v) is 4.59. The summed E-state index contributed by atoms with van der Waals surface area (Å²) in [6.45, 7) is 4.00. The Morgan fingerprint density at radius 1 is 1.47 bits per heavy atom. The molecule has 2 aromatic rings. The van der Waals surface area contributed by atoms with Crippen LogP contribution in [0.5, 0.6) is 0 Å². The van der Waals surface area contributed by atoms with Crippen molar-refractivity contribution in [3.8, 4) is 5.69 Å². The van der Waals surface area contributed by atoms with E-state index in [1.807, 2.05) is 32.0 Å². The lowest BCUT2D eigenvalue weighted by molar-refractivity contribution is 0.111. The largest absolute Gasteiger partial charge is 0.296 e. The van der Waals surface area contributed by atoms with E-state index in [9.17, 15) is 4.79 Å². The lowest BCUT2D eigenvalue weighted by atomic mass is 10.2. The molecule has 0 aliphatic rings. The monoisotopic (exact) mass is 293 g/mol. The number of carbonyl (C=O) groups is 1. The molecule has 0 N–H and O–H groups in total. The first kappa shape index (κ1) is 12.0. The Bertz CT molecular complexity index is 563. The van der Waals surface area contributed by atoms with Crippen LogP contribution in [0.15, 0.2) is 22.7 Å². The van der Waals surface area contributed by atoms with Crippen LogP contribution in [0.2, 0.25) is 0 Å². The third kappa shape index (κ3) is 2.15. The fourth-order valence-electron chi connectivity index (χ4n) is 1.66. The summed E-state index contributed by atoms with van der Waals surface area (Å²) in [6.07, 6.45) is 1.46. The molecule has 5 heteroatoms. The Morgan fingerprint density at radius 2 is 2.24 bits per heavy atom. The van der Waals surface area contributed by atoms with Crippen molar-refractivity contribution in [1.29, 1.82) is 0 Å². The molecule has 1 heterocycles. The minimum Gasteiger partial charge on any atom is -0.296 e. The molecule has 0 atom stereocenters. The summed E-state index contributed by atoms with van der Waals surface area (Å²) in [5.74, 6) is 0. The molecule has 88 valence electrons. The molecule has 0 aliphatic carbocycles. The second-order valence-electron chi connectivity index (χ2n) is 3.74. The number of carbonyl (C=O) groups excluding carboxylic acids is 1. The van der Waals surface area contributed by atoms with E-state index in [0.717, 1.165) is 27.7 Å². The highest BCUT2D eigenvalue weighted by Crippen LogP contribution is 2.21. The molecule has 0 aliphatic heterocycles. The van der Waals surface area contributed by atoms with Gasteiger partial charge >= 0.3 is 0 Å². The maximum atomic E-state index is 10.8. The van der Waals surface area contributed by atoms with Crippen molar-refractivity contribution < 1.29 is 4.79 Å². The van der Waals surface area contributed by atoms with Crippen LogP contribution >= 0.6 is 15.9 Å². The molecular formula is C12H12BrN3O. The number of aromatic nitrogens is 3. The molecule has 0 saturated carbocycles. The van der Waals surface area contributed by atoms with Gasteiger partial charge in [0, 0.05) is 4.47 Å². The Labute approximate surface area is 108 Å². The third-order valence-electron chi connectivity index (χ3n) is 2.64. The van der Waals surface area contributed by atoms with Gasteiger partial charge in [-0.3, -0.25) is 4.79 Å². The maximum Gasteiger partial charge on any atom is 0.172 e. The summed E-state index contributed by atoms with van der Waals surface area (Å²) < 4.78 is 2.72. The van der Waals surface area contributed by atoms with Gasteiger partial charge in [0.25, 0.3) is 0 Å². The molecule has 0 bridgehead atoms. The molecular weight excluding hydrogens is 282 g/mol. The summed E-state index contributed by atoms with van der Waals surface area (Å²) in [6, 6.07) is 5.93. The smallest absolute Gasteiger partial charge is 0.172 e. The lowest BCUT2D eigenvalue weighted by Gasteiger charge is -2.06. The van der Waals surface area contributed by atoms with Gasteiger partial charge in [-0.2, -0.15) is 0 Å². The summed E-state index contributed by atoms with van der Waals surface area (Å²) >= 11 is 3.48. The number of aldehydes is 1. The van der Waals surface area contributed by atoms with E-state index in [1.54, 1.807) is 4.68 Å². The van der Waals surface area contributed by atoms with E-state index in [0.29, 0.717) is 12.1 Å². The van der Waals surface area contributed by atoms with Crippen LogP contribution in [-0.4, -0.2) is 21.3 Å². The van der Waals surface area contributed by atoms with Crippen molar-refractivity contribution in [2.24, 2.45) is 0 Å². The molecule has 0 spiro atoms. The first-order valence-electron chi connectivity index (χ1n) is 5.33. The van der Waals surface area contributed by atoms with Crippen molar-refractivity contribution in [3.05, 3.63) is 39.6 Å². The molecule has 2 rings (SSSR count). The topological polar surface area (TPSA) is 47.8 Å². The lowest BCUT2D eigenvalue weighted by Crippen LogP contribution is -2.02. The normalized spacial score (nSPS) is 10.5. The summed E-state index contributed by atoms with van der Waals surface area (Å²) in [5.41, 5.74) is 3.29. The summed E-state index contributed by atoms with van der Waals surface area (Å²) in [4.78, 5) is 10.8. The van der Waals surface area contributed by atoms with Crippen LogP contribution in [0.4, 0.5) is 0 Å².